The summed E-state index contributed by atoms with van der Waals surface area (Å²) in [4.78, 5) is 7.50. The number of piperidine rings is 1. The van der Waals surface area contributed by atoms with E-state index < -0.39 is 0 Å². The number of anilines is 1. The second-order valence-electron chi connectivity index (χ2n) is 6.88. The molecule has 0 saturated carbocycles. The number of piperazine rings is 1. The van der Waals surface area contributed by atoms with Crippen molar-refractivity contribution in [3.05, 3.63) is 24.3 Å². The van der Waals surface area contributed by atoms with Gasteiger partial charge in [-0.25, -0.2) is 0 Å². The Kier molecular flexibility index (Phi) is 5.09. The molecule has 3 rings (SSSR count). The van der Waals surface area contributed by atoms with E-state index >= 15 is 0 Å². The van der Waals surface area contributed by atoms with Crippen LogP contribution in [0.5, 0.6) is 5.75 Å². The summed E-state index contributed by atoms with van der Waals surface area (Å²) in [6.45, 7) is 7.33. The molecule has 2 saturated heterocycles. The zero-order chi connectivity index (χ0) is 16.3. The molecule has 2 aliphatic heterocycles. The van der Waals surface area contributed by atoms with E-state index in [2.05, 4.69) is 33.9 Å². The molecule has 0 atom stereocenters. The number of nitrogens with zero attached hydrogens (tertiary/aromatic N) is 3. The summed E-state index contributed by atoms with van der Waals surface area (Å²) in [7, 11) is 3.96. The molecule has 0 spiro atoms. The SMILES string of the molecule is COc1ccccc1N1CCN(C2(CN)CCN(C)CC2)CC1. The molecular formula is C18H30N4O. The van der Waals surface area contributed by atoms with Gasteiger partial charge in [0.1, 0.15) is 5.75 Å². The molecule has 2 fully saturated rings. The Morgan fingerprint density at radius 2 is 1.70 bits per heavy atom. The highest BCUT2D eigenvalue weighted by Gasteiger charge is 2.39. The van der Waals surface area contributed by atoms with Crippen LogP contribution in [0.1, 0.15) is 12.8 Å². The quantitative estimate of drug-likeness (QED) is 0.905. The van der Waals surface area contributed by atoms with Crippen LogP contribution in [0.3, 0.4) is 0 Å². The predicted octanol–water partition coefficient (Wildman–Crippen LogP) is 1.24. The molecule has 1 aromatic rings. The molecule has 1 aromatic carbocycles. The van der Waals surface area contributed by atoms with Gasteiger partial charge < -0.3 is 20.3 Å². The van der Waals surface area contributed by atoms with E-state index in [0.29, 0.717) is 0 Å². The minimum absolute atomic E-state index is 0.208. The van der Waals surface area contributed by atoms with Crippen LogP contribution < -0.4 is 15.4 Å². The van der Waals surface area contributed by atoms with E-state index in [-0.39, 0.29) is 5.54 Å². The molecule has 2 aliphatic rings. The van der Waals surface area contributed by atoms with Crippen LogP contribution in [-0.4, -0.2) is 75.3 Å². The Bertz CT molecular complexity index is 505. The van der Waals surface area contributed by atoms with Crippen molar-refractivity contribution in [1.29, 1.82) is 0 Å². The lowest BCUT2D eigenvalue weighted by Crippen LogP contribution is -2.63. The number of likely N-dealkylation sites (tertiary alicyclic amines) is 1. The Balaban J connectivity index is 1.66. The van der Waals surface area contributed by atoms with E-state index in [4.69, 9.17) is 10.5 Å². The van der Waals surface area contributed by atoms with E-state index in [1.165, 1.54) is 18.5 Å². The first-order valence-electron chi connectivity index (χ1n) is 8.70. The van der Waals surface area contributed by atoms with Crippen molar-refractivity contribution in [1.82, 2.24) is 9.80 Å². The average Bonchev–Trinajstić information content (AvgIpc) is 2.63. The van der Waals surface area contributed by atoms with Crippen LogP contribution in [0.4, 0.5) is 5.69 Å². The van der Waals surface area contributed by atoms with Crippen LogP contribution in [0.15, 0.2) is 24.3 Å². The van der Waals surface area contributed by atoms with E-state index in [1.54, 1.807) is 7.11 Å². The van der Waals surface area contributed by atoms with Crippen LogP contribution >= 0.6 is 0 Å². The van der Waals surface area contributed by atoms with Gasteiger partial charge in [-0.15, -0.1) is 0 Å². The largest absolute Gasteiger partial charge is 0.495 e. The summed E-state index contributed by atoms with van der Waals surface area (Å²) < 4.78 is 5.51. The maximum absolute atomic E-state index is 6.21. The van der Waals surface area contributed by atoms with Gasteiger partial charge in [-0.1, -0.05) is 12.1 Å². The average molecular weight is 318 g/mol. The van der Waals surface area contributed by atoms with Crippen LogP contribution in [0.2, 0.25) is 0 Å². The third-order valence-corrected chi connectivity index (χ3v) is 5.67. The predicted molar refractivity (Wildman–Crippen MR) is 95.3 cm³/mol. The second kappa shape index (κ2) is 7.07. The van der Waals surface area contributed by atoms with Gasteiger partial charge in [-0.05, 0) is 45.1 Å². The van der Waals surface area contributed by atoms with Crippen LogP contribution in [0.25, 0.3) is 0 Å². The normalized spacial score (nSPS) is 23.0. The van der Waals surface area contributed by atoms with Crippen molar-refractivity contribution in [3.63, 3.8) is 0 Å². The Hall–Kier alpha value is -1.30. The van der Waals surface area contributed by atoms with Crippen molar-refractivity contribution in [2.75, 3.05) is 64.9 Å². The number of hydrogen-bond donors (Lipinski definition) is 1. The van der Waals surface area contributed by atoms with Gasteiger partial charge in [0, 0.05) is 38.3 Å². The molecule has 5 nitrogen and oxygen atoms in total. The number of rotatable bonds is 4. The zero-order valence-corrected chi connectivity index (χ0v) is 14.5. The van der Waals surface area contributed by atoms with Crippen molar-refractivity contribution in [3.8, 4) is 5.75 Å². The number of benzene rings is 1. The molecule has 0 bridgehead atoms. The van der Waals surface area contributed by atoms with E-state index in [9.17, 15) is 0 Å². The lowest BCUT2D eigenvalue weighted by Gasteiger charge is -2.51. The number of ether oxygens (including phenoxy) is 1. The van der Waals surface area contributed by atoms with Gasteiger partial charge in [-0.2, -0.15) is 0 Å². The lowest BCUT2D eigenvalue weighted by molar-refractivity contribution is 0.0297. The summed E-state index contributed by atoms with van der Waals surface area (Å²) in [6, 6.07) is 8.31. The smallest absolute Gasteiger partial charge is 0.142 e. The van der Waals surface area contributed by atoms with E-state index in [1.807, 2.05) is 12.1 Å². The Morgan fingerprint density at radius 1 is 1.04 bits per heavy atom. The monoisotopic (exact) mass is 318 g/mol. The maximum Gasteiger partial charge on any atom is 0.142 e. The minimum atomic E-state index is 0.208. The Morgan fingerprint density at radius 3 is 2.30 bits per heavy atom. The standard InChI is InChI=1S/C18H30N4O/c1-20-9-7-18(15-19,8-10-20)22-13-11-21(12-14-22)16-5-3-4-6-17(16)23-2/h3-6H,7-15,19H2,1-2H3. The van der Waals surface area contributed by atoms with Gasteiger partial charge >= 0.3 is 0 Å². The number of hydrogen-bond acceptors (Lipinski definition) is 5. The van der Waals surface area contributed by atoms with Gasteiger partial charge in [-0.3, -0.25) is 4.90 Å². The summed E-state index contributed by atoms with van der Waals surface area (Å²) in [6.07, 6.45) is 2.38. The van der Waals surface area contributed by atoms with Crippen molar-refractivity contribution in [2.24, 2.45) is 5.73 Å². The van der Waals surface area contributed by atoms with Crippen molar-refractivity contribution in [2.45, 2.75) is 18.4 Å². The van der Waals surface area contributed by atoms with Crippen LogP contribution in [-0.2, 0) is 0 Å². The highest BCUT2D eigenvalue weighted by molar-refractivity contribution is 5.58. The molecule has 0 unspecified atom stereocenters. The highest BCUT2D eigenvalue weighted by Crippen LogP contribution is 2.32. The number of para-hydroxylation sites is 2. The van der Waals surface area contributed by atoms with Gasteiger partial charge in [0.2, 0.25) is 0 Å². The zero-order valence-electron chi connectivity index (χ0n) is 14.5. The van der Waals surface area contributed by atoms with Crippen molar-refractivity contribution < 1.29 is 4.74 Å². The molecule has 0 aromatic heterocycles. The topological polar surface area (TPSA) is 45.0 Å². The van der Waals surface area contributed by atoms with Crippen molar-refractivity contribution >= 4 is 5.69 Å². The fourth-order valence-electron chi connectivity index (χ4n) is 4.00. The summed E-state index contributed by atoms with van der Waals surface area (Å²) in [5.74, 6) is 0.966. The fourth-order valence-corrected chi connectivity index (χ4v) is 4.00. The summed E-state index contributed by atoms with van der Waals surface area (Å²) in [5, 5.41) is 0. The van der Waals surface area contributed by atoms with Gasteiger partial charge in [0.05, 0.1) is 12.8 Å². The molecule has 2 N–H and O–H groups in total. The molecular weight excluding hydrogens is 288 g/mol. The van der Waals surface area contributed by atoms with Crippen LogP contribution in [0, 0.1) is 0 Å². The molecule has 23 heavy (non-hydrogen) atoms. The highest BCUT2D eigenvalue weighted by atomic mass is 16.5. The fraction of sp³-hybridized carbons (Fsp3) is 0.667. The number of nitrogens with two attached hydrogens (primary N) is 1. The van der Waals surface area contributed by atoms with E-state index in [0.717, 1.165) is 51.6 Å². The Labute approximate surface area is 140 Å². The molecule has 5 heteroatoms. The summed E-state index contributed by atoms with van der Waals surface area (Å²) in [5.41, 5.74) is 7.63. The first-order valence-corrected chi connectivity index (χ1v) is 8.70. The maximum atomic E-state index is 6.21. The molecule has 128 valence electrons. The first-order chi connectivity index (χ1) is 11.2. The summed E-state index contributed by atoms with van der Waals surface area (Å²) >= 11 is 0. The second-order valence-corrected chi connectivity index (χ2v) is 6.88. The number of methoxy groups -OCH3 is 1. The lowest BCUT2D eigenvalue weighted by atomic mass is 9.85. The molecule has 0 aliphatic carbocycles. The molecule has 0 amide bonds. The van der Waals surface area contributed by atoms with Gasteiger partial charge in [0.25, 0.3) is 0 Å². The third-order valence-electron chi connectivity index (χ3n) is 5.67. The van der Waals surface area contributed by atoms with Gasteiger partial charge in [0.15, 0.2) is 0 Å². The minimum Gasteiger partial charge on any atom is -0.495 e. The third kappa shape index (κ3) is 3.32. The molecule has 2 heterocycles. The first kappa shape index (κ1) is 16.6. The molecule has 0 radical (unpaired) electrons.